The van der Waals surface area contributed by atoms with Gasteiger partial charge in [0.1, 0.15) is 5.75 Å². The Balaban J connectivity index is 1.55. The van der Waals surface area contributed by atoms with Crippen LogP contribution in [-0.2, 0) is 0 Å². The zero-order chi connectivity index (χ0) is 23.5. The first-order chi connectivity index (χ1) is 15.0. The molecule has 9 heteroatoms. The Labute approximate surface area is 183 Å². The summed E-state index contributed by atoms with van der Waals surface area (Å²) in [6, 6.07) is 0.552. The third-order valence-electron chi connectivity index (χ3n) is 6.95. The van der Waals surface area contributed by atoms with E-state index in [0.29, 0.717) is 24.7 Å². The lowest BCUT2D eigenvalue weighted by Crippen LogP contribution is -2.38. The molecule has 2 saturated carbocycles. The molecule has 2 aliphatic carbocycles. The van der Waals surface area contributed by atoms with Crippen LogP contribution in [-0.4, -0.2) is 12.5 Å². The maximum atomic E-state index is 14.7. The van der Waals surface area contributed by atoms with Crippen molar-refractivity contribution in [1.29, 1.82) is 0 Å². The summed E-state index contributed by atoms with van der Waals surface area (Å²) in [6.07, 6.45) is -0.158. The summed E-state index contributed by atoms with van der Waals surface area (Å²) in [5, 5.41) is 0. The van der Waals surface area contributed by atoms with E-state index in [2.05, 4.69) is 16.4 Å². The van der Waals surface area contributed by atoms with E-state index in [4.69, 9.17) is 0 Å². The molecule has 0 bridgehead atoms. The second-order valence-electron chi connectivity index (χ2n) is 9.11. The maximum absolute atomic E-state index is 14.7. The van der Waals surface area contributed by atoms with Gasteiger partial charge in [0.15, 0.2) is 11.6 Å². The summed E-state index contributed by atoms with van der Waals surface area (Å²) >= 11 is 0. The van der Waals surface area contributed by atoms with E-state index >= 15 is 0 Å². The molecule has 0 unspecified atom stereocenters. The molecular formula is C23H29F7O2. The Morgan fingerprint density at radius 2 is 1.28 bits per heavy atom. The van der Waals surface area contributed by atoms with Gasteiger partial charge in [-0.2, -0.15) is 8.78 Å². The first-order valence-corrected chi connectivity index (χ1v) is 11.3. The summed E-state index contributed by atoms with van der Waals surface area (Å²) in [7, 11) is 0. The maximum Gasteiger partial charge on any atom is 0.573 e. The standard InChI is InChI=1S/C23H29F7O2/c1-2-3-14-4-6-15(7-5-14)16-8-10-17(11-9-16)22(26,27)31-18-12-19(24)21(20(25)13-18)32-23(28,29)30/h12-17H,2-11H2,1H3. The molecular weight excluding hydrogens is 441 g/mol. The number of hydrogen-bond donors (Lipinski definition) is 0. The predicted molar refractivity (Wildman–Crippen MR) is 104 cm³/mol. The van der Waals surface area contributed by atoms with E-state index in [0.717, 1.165) is 18.8 Å². The summed E-state index contributed by atoms with van der Waals surface area (Å²) in [4.78, 5) is 0. The number of hydrogen-bond acceptors (Lipinski definition) is 2. The Hall–Kier alpha value is -1.67. The number of ether oxygens (including phenoxy) is 2. The average Bonchev–Trinajstić information content (AvgIpc) is 2.71. The fourth-order valence-corrected chi connectivity index (χ4v) is 5.33. The average molecular weight is 470 g/mol. The van der Waals surface area contributed by atoms with Gasteiger partial charge in [0.25, 0.3) is 0 Å². The molecule has 0 heterocycles. The molecule has 2 aliphatic rings. The van der Waals surface area contributed by atoms with Crippen LogP contribution in [0.5, 0.6) is 11.5 Å². The smallest absolute Gasteiger partial charge is 0.432 e. The molecule has 0 amide bonds. The molecule has 0 aliphatic heterocycles. The van der Waals surface area contributed by atoms with Crippen molar-refractivity contribution in [3.63, 3.8) is 0 Å². The van der Waals surface area contributed by atoms with Gasteiger partial charge in [-0.25, -0.2) is 8.78 Å². The molecule has 182 valence electrons. The van der Waals surface area contributed by atoms with Gasteiger partial charge >= 0.3 is 12.5 Å². The largest absolute Gasteiger partial charge is 0.573 e. The van der Waals surface area contributed by atoms with Crippen LogP contribution in [0.3, 0.4) is 0 Å². The van der Waals surface area contributed by atoms with Gasteiger partial charge < -0.3 is 9.47 Å². The lowest BCUT2D eigenvalue weighted by molar-refractivity contribution is -0.276. The van der Waals surface area contributed by atoms with Gasteiger partial charge in [-0.1, -0.05) is 32.6 Å². The van der Waals surface area contributed by atoms with Crippen molar-refractivity contribution in [2.45, 2.75) is 83.6 Å². The zero-order valence-electron chi connectivity index (χ0n) is 18.0. The summed E-state index contributed by atoms with van der Waals surface area (Å²) < 4.78 is 101. The molecule has 0 saturated heterocycles. The van der Waals surface area contributed by atoms with Gasteiger partial charge in [-0.3, -0.25) is 0 Å². The van der Waals surface area contributed by atoms with Crippen molar-refractivity contribution in [3.8, 4) is 11.5 Å². The molecule has 0 radical (unpaired) electrons. The van der Waals surface area contributed by atoms with Gasteiger partial charge in [-0.05, 0) is 56.3 Å². The van der Waals surface area contributed by atoms with E-state index < -0.39 is 41.5 Å². The topological polar surface area (TPSA) is 18.5 Å². The highest BCUT2D eigenvalue weighted by Gasteiger charge is 2.45. The van der Waals surface area contributed by atoms with Crippen LogP contribution in [0.15, 0.2) is 12.1 Å². The molecule has 0 aromatic heterocycles. The van der Waals surface area contributed by atoms with Crippen LogP contribution in [0.2, 0.25) is 0 Å². The number of halogens is 7. The minimum atomic E-state index is -5.32. The molecule has 2 nitrogen and oxygen atoms in total. The molecule has 0 atom stereocenters. The Kier molecular flexibility index (Phi) is 7.86. The van der Waals surface area contributed by atoms with E-state index in [1.807, 2.05) is 0 Å². The molecule has 2 fully saturated rings. The van der Waals surface area contributed by atoms with Gasteiger partial charge in [0, 0.05) is 12.1 Å². The predicted octanol–water partition coefficient (Wildman–Crippen LogP) is 8.25. The van der Waals surface area contributed by atoms with Crippen molar-refractivity contribution in [2.24, 2.45) is 23.7 Å². The highest BCUT2D eigenvalue weighted by Crippen LogP contribution is 2.46. The lowest BCUT2D eigenvalue weighted by atomic mass is 9.68. The van der Waals surface area contributed by atoms with E-state index in [1.54, 1.807) is 0 Å². The van der Waals surface area contributed by atoms with E-state index in [9.17, 15) is 30.7 Å². The number of benzene rings is 1. The zero-order valence-corrected chi connectivity index (χ0v) is 18.0. The Morgan fingerprint density at radius 3 is 1.75 bits per heavy atom. The van der Waals surface area contributed by atoms with Crippen molar-refractivity contribution >= 4 is 0 Å². The molecule has 3 rings (SSSR count). The molecule has 1 aromatic rings. The molecule has 0 spiro atoms. The first-order valence-electron chi connectivity index (χ1n) is 11.3. The summed E-state index contributed by atoms with van der Waals surface area (Å²) in [6.45, 7) is 2.18. The van der Waals surface area contributed by atoms with Gasteiger partial charge in [0.05, 0.1) is 5.92 Å². The normalized spacial score (nSPS) is 27.2. The third kappa shape index (κ3) is 6.44. The minimum absolute atomic E-state index is 0.229. The molecule has 32 heavy (non-hydrogen) atoms. The SMILES string of the molecule is CCCC1CCC(C2CCC(C(F)(F)Oc3cc(F)c(OC(F)(F)F)c(F)c3)CC2)CC1. The van der Waals surface area contributed by atoms with Crippen LogP contribution in [0.1, 0.15) is 71.1 Å². The van der Waals surface area contributed by atoms with Crippen LogP contribution >= 0.6 is 0 Å². The van der Waals surface area contributed by atoms with Crippen LogP contribution < -0.4 is 9.47 Å². The van der Waals surface area contributed by atoms with Gasteiger partial charge in [-0.15, -0.1) is 13.2 Å². The van der Waals surface area contributed by atoms with Crippen LogP contribution in [0, 0.1) is 35.3 Å². The van der Waals surface area contributed by atoms with Crippen LogP contribution in [0.25, 0.3) is 0 Å². The Bertz CT molecular complexity index is 726. The quantitative estimate of drug-likeness (QED) is 0.374. The van der Waals surface area contributed by atoms with Crippen LogP contribution in [0.4, 0.5) is 30.7 Å². The third-order valence-corrected chi connectivity index (χ3v) is 6.95. The van der Waals surface area contributed by atoms with Crippen molar-refractivity contribution in [1.82, 2.24) is 0 Å². The first kappa shape index (κ1) is 25.0. The van der Waals surface area contributed by atoms with E-state index in [-0.39, 0.29) is 25.0 Å². The van der Waals surface area contributed by atoms with Crippen molar-refractivity contribution < 1.29 is 40.2 Å². The minimum Gasteiger partial charge on any atom is -0.432 e. The summed E-state index contributed by atoms with van der Waals surface area (Å²) in [5.41, 5.74) is 0. The lowest BCUT2D eigenvalue weighted by Gasteiger charge is -2.39. The van der Waals surface area contributed by atoms with Gasteiger partial charge in [0.2, 0.25) is 5.75 Å². The second kappa shape index (κ2) is 10.1. The molecule has 0 N–H and O–H groups in total. The summed E-state index contributed by atoms with van der Waals surface area (Å²) in [5.74, 6) is -5.50. The van der Waals surface area contributed by atoms with E-state index in [1.165, 1.54) is 25.7 Å². The number of alkyl halides is 5. The Morgan fingerprint density at radius 1 is 0.781 bits per heavy atom. The highest BCUT2D eigenvalue weighted by molar-refractivity contribution is 5.35. The van der Waals surface area contributed by atoms with Crippen molar-refractivity contribution in [3.05, 3.63) is 23.8 Å². The van der Waals surface area contributed by atoms with Crippen molar-refractivity contribution in [2.75, 3.05) is 0 Å². The second-order valence-corrected chi connectivity index (χ2v) is 9.11. The fraction of sp³-hybridized carbons (Fsp3) is 0.739. The number of rotatable bonds is 7. The molecule has 1 aromatic carbocycles. The fourth-order valence-electron chi connectivity index (χ4n) is 5.33. The monoisotopic (exact) mass is 470 g/mol. The highest BCUT2D eigenvalue weighted by atomic mass is 19.4.